The molecule has 0 atom stereocenters. The normalized spacial score (nSPS) is 12.4. The van der Waals surface area contributed by atoms with Gasteiger partial charge in [0, 0.05) is 29.5 Å². The van der Waals surface area contributed by atoms with Gasteiger partial charge in [-0.1, -0.05) is 6.07 Å². The number of thiophene rings is 1. The molecule has 0 bridgehead atoms. The zero-order valence-electron chi connectivity index (χ0n) is 11.9. The van der Waals surface area contributed by atoms with Gasteiger partial charge in [-0.15, -0.1) is 22.9 Å². The number of aromatic nitrogens is 2. The van der Waals surface area contributed by atoms with E-state index in [1.807, 2.05) is 31.4 Å². The van der Waals surface area contributed by atoms with Crippen LogP contribution in [-0.4, -0.2) is 34.4 Å². The highest BCUT2D eigenvalue weighted by Gasteiger charge is 2.28. The Hall–Kier alpha value is -0.890. The third-order valence-corrected chi connectivity index (χ3v) is 6.00. The fourth-order valence-electron chi connectivity index (χ4n) is 1.92. The summed E-state index contributed by atoms with van der Waals surface area (Å²) in [6, 6.07) is 3.73. The van der Waals surface area contributed by atoms with Gasteiger partial charge in [-0.25, -0.2) is 8.42 Å². The molecule has 2 aromatic heterocycles. The van der Waals surface area contributed by atoms with Crippen LogP contribution in [0.15, 0.2) is 34.8 Å². The highest BCUT2D eigenvalue weighted by atomic mass is 35.5. The van der Waals surface area contributed by atoms with E-state index in [0.717, 1.165) is 4.88 Å². The van der Waals surface area contributed by atoms with Crippen molar-refractivity contribution >= 4 is 33.0 Å². The molecule has 2 aromatic rings. The predicted octanol–water partition coefficient (Wildman–Crippen LogP) is 2.78. The van der Waals surface area contributed by atoms with Gasteiger partial charge in [0.1, 0.15) is 4.90 Å². The van der Waals surface area contributed by atoms with Crippen molar-refractivity contribution in [3.8, 4) is 0 Å². The minimum absolute atomic E-state index is 0.131. The van der Waals surface area contributed by atoms with Crippen molar-refractivity contribution in [2.75, 3.05) is 5.88 Å². The van der Waals surface area contributed by atoms with Crippen LogP contribution in [0.2, 0.25) is 0 Å². The van der Waals surface area contributed by atoms with Crippen molar-refractivity contribution < 1.29 is 8.42 Å². The van der Waals surface area contributed by atoms with E-state index in [0.29, 0.717) is 19.0 Å². The summed E-state index contributed by atoms with van der Waals surface area (Å²) < 4.78 is 28.6. The summed E-state index contributed by atoms with van der Waals surface area (Å²) in [5.41, 5.74) is 0. The Kier molecular flexibility index (Phi) is 5.43. The zero-order chi connectivity index (χ0) is 15.5. The number of hydrogen-bond acceptors (Lipinski definition) is 4. The third kappa shape index (κ3) is 3.85. The van der Waals surface area contributed by atoms with Gasteiger partial charge in [0.25, 0.3) is 0 Å². The maximum absolute atomic E-state index is 12.8. The van der Waals surface area contributed by atoms with E-state index in [-0.39, 0.29) is 10.9 Å². The minimum atomic E-state index is -3.56. The molecule has 0 spiro atoms. The van der Waals surface area contributed by atoms with E-state index in [2.05, 4.69) is 5.10 Å². The lowest BCUT2D eigenvalue weighted by Crippen LogP contribution is -2.36. The molecule has 0 radical (unpaired) electrons. The summed E-state index contributed by atoms with van der Waals surface area (Å²) in [6.07, 6.45) is 2.91. The molecule has 0 aliphatic heterocycles. The monoisotopic (exact) mass is 347 g/mol. The Morgan fingerprint density at radius 1 is 1.48 bits per heavy atom. The Balaban J connectivity index is 2.28. The first-order chi connectivity index (χ1) is 9.95. The molecule has 5 nitrogen and oxygen atoms in total. The first-order valence-electron chi connectivity index (χ1n) is 6.58. The van der Waals surface area contributed by atoms with Crippen LogP contribution in [0.4, 0.5) is 0 Å². The second kappa shape index (κ2) is 6.91. The molecule has 0 aromatic carbocycles. The van der Waals surface area contributed by atoms with Crippen molar-refractivity contribution in [2.45, 2.75) is 37.9 Å². The average Bonchev–Trinajstić information content (AvgIpc) is 3.07. The fraction of sp³-hybridized carbons (Fsp3) is 0.462. The van der Waals surface area contributed by atoms with Crippen molar-refractivity contribution in [2.24, 2.45) is 0 Å². The maximum Gasteiger partial charge on any atom is 0.246 e. The summed E-state index contributed by atoms with van der Waals surface area (Å²) in [5, 5.41) is 5.98. The molecule has 0 aliphatic carbocycles. The summed E-state index contributed by atoms with van der Waals surface area (Å²) in [7, 11) is -3.56. The van der Waals surface area contributed by atoms with Crippen molar-refractivity contribution in [3.05, 3.63) is 34.8 Å². The van der Waals surface area contributed by atoms with Crippen LogP contribution in [0.3, 0.4) is 0 Å². The molecular weight excluding hydrogens is 330 g/mol. The van der Waals surface area contributed by atoms with E-state index in [9.17, 15) is 8.42 Å². The Morgan fingerprint density at radius 3 is 2.81 bits per heavy atom. The van der Waals surface area contributed by atoms with Crippen LogP contribution in [0.1, 0.15) is 18.7 Å². The first kappa shape index (κ1) is 16.5. The summed E-state index contributed by atoms with van der Waals surface area (Å²) >= 11 is 7.20. The highest BCUT2D eigenvalue weighted by molar-refractivity contribution is 7.89. The fourth-order valence-corrected chi connectivity index (χ4v) is 4.45. The third-order valence-electron chi connectivity index (χ3n) is 3.00. The number of aryl methyl sites for hydroxylation is 1. The molecule has 0 N–H and O–H groups in total. The van der Waals surface area contributed by atoms with Gasteiger partial charge in [-0.2, -0.15) is 9.40 Å². The molecule has 21 heavy (non-hydrogen) atoms. The topological polar surface area (TPSA) is 55.2 Å². The minimum Gasteiger partial charge on any atom is -0.270 e. The van der Waals surface area contributed by atoms with Crippen molar-refractivity contribution in [3.63, 3.8) is 0 Å². The van der Waals surface area contributed by atoms with E-state index in [1.54, 1.807) is 16.0 Å². The van der Waals surface area contributed by atoms with Crippen LogP contribution in [0, 0.1) is 0 Å². The SMILES string of the molecule is CC(C)N(Cc1cccs1)S(=O)(=O)c1cnn(CCCl)c1. The molecule has 0 saturated heterocycles. The number of nitrogens with zero attached hydrogens (tertiary/aromatic N) is 3. The van der Waals surface area contributed by atoms with Gasteiger partial charge in [0.2, 0.25) is 10.0 Å². The number of hydrogen-bond donors (Lipinski definition) is 0. The van der Waals surface area contributed by atoms with Gasteiger partial charge in [-0.05, 0) is 25.3 Å². The molecule has 116 valence electrons. The molecule has 0 amide bonds. The molecule has 0 unspecified atom stereocenters. The highest BCUT2D eigenvalue weighted by Crippen LogP contribution is 2.22. The van der Waals surface area contributed by atoms with Crippen LogP contribution >= 0.6 is 22.9 Å². The van der Waals surface area contributed by atoms with Crippen LogP contribution in [0.25, 0.3) is 0 Å². The van der Waals surface area contributed by atoms with Crippen LogP contribution < -0.4 is 0 Å². The van der Waals surface area contributed by atoms with E-state index in [1.165, 1.54) is 16.7 Å². The van der Waals surface area contributed by atoms with Crippen LogP contribution in [-0.2, 0) is 23.1 Å². The van der Waals surface area contributed by atoms with Crippen LogP contribution in [0.5, 0.6) is 0 Å². The van der Waals surface area contributed by atoms with Gasteiger partial charge in [-0.3, -0.25) is 4.68 Å². The smallest absolute Gasteiger partial charge is 0.246 e. The molecule has 2 heterocycles. The summed E-state index contributed by atoms with van der Waals surface area (Å²) in [4.78, 5) is 1.22. The van der Waals surface area contributed by atoms with Crippen molar-refractivity contribution in [1.82, 2.24) is 14.1 Å². The molecule has 2 rings (SSSR count). The molecule has 8 heteroatoms. The largest absolute Gasteiger partial charge is 0.270 e. The zero-order valence-corrected chi connectivity index (χ0v) is 14.3. The Morgan fingerprint density at radius 2 is 2.24 bits per heavy atom. The molecular formula is C13H18ClN3O2S2. The molecule has 0 aliphatic rings. The average molecular weight is 348 g/mol. The first-order valence-corrected chi connectivity index (χ1v) is 9.43. The van der Waals surface area contributed by atoms with E-state index < -0.39 is 10.0 Å². The van der Waals surface area contributed by atoms with Gasteiger partial charge in [0.15, 0.2) is 0 Å². The predicted molar refractivity (Wildman–Crippen MR) is 85.1 cm³/mol. The second-order valence-electron chi connectivity index (χ2n) is 4.85. The lowest BCUT2D eigenvalue weighted by atomic mass is 10.4. The van der Waals surface area contributed by atoms with E-state index >= 15 is 0 Å². The quantitative estimate of drug-likeness (QED) is 0.724. The Labute approximate surface area is 134 Å². The Bertz CT molecular complexity index is 665. The number of halogens is 1. The van der Waals surface area contributed by atoms with Crippen molar-refractivity contribution in [1.29, 1.82) is 0 Å². The summed E-state index contributed by atoms with van der Waals surface area (Å²) in [6.45, 7) is 4.60. The standard InChI is InChI=1S/C13H18ClN3O2S2/c1-11(2)17(9-12-4-3-7-20-12)21(18,19)13-8-15-16(10-13)6-5-14/h3-4,7-8,10-11H,5-6,9H2,1-2H3. The molecule has 0 fully saturated rings. The number of sulfonamides is 1. The number of alkyl halides is 1. The van der Waals surface area contributed by atoms with Gasteiger partial charge in [0.05, 0.1) is 12.7 Å². The van der Waals surface area contributed by atoms with Gasteiger partial charge >= 0.3 is 0 Å². The summed E-state index contributed by atoms with van der Waals surface area (Å²) in [5.74, 6) is 0.393. The molecule has 0 saturated carbocycles. The lowest BCUT2D eigenvalue weighted by Gasteiger charge is -2.24. The van der Waals surface area contributed by atoms with E-state index in [4.69, 9.17) is 11.6 Å². The van der Waals surface area contributed by atoms with Gasteiger partial charge < -0.3 is 0 Å². The second-order valence-corrected chi connectivity index (χ2v) is 8.15. The lowest BCUT2D eigenvalue weighted by molar-refractivity contribution is 0.350. The number of rotatable bonds is 7. The maximum atomic E-state index is 12.8.